The summed E-state index contributed by atoms with van der Waals surface area (Å²) in [4.78, 5) is 9.96. The maximum atomic E-state index is 10.4. The minimum absolute atomic E-state index is 0.000178. The van der Waals surface area contributed by atoms with Gasteiger partial charge in [-0.3, -0.25) is 10.1 Å². The molecule has 5 heteroatoms. The van der Waals surface area contributed by atoms with E-state index in [-0.39, 0.29) is 11.8 Å². The summed E-state index contributed by atoms with van der Waals surface area (Å²) in [5.41, 5.74) is 6.38. The summed E-state index contributed by atoms with van der Waals surface area (Å²) in [6, 6.07) is 6.29. The van der Waals surface area contributed by atoms with Crippen molar-refractivity contribution in [3.05, 3.63) is 39.9 Å². The van der Waals surface area contributed by atoms with E-state index >= 15 is 0 Å². The fraction of sp³-hybridized carbons (Fsp3) is 0.400. The van der Waals surface area contributed by atoms with E-state index in [0.29, 0.717) is 13.2 Å². The molecule has 1 rings (SSSR count). The molecule has 2 N–H and O–H groups in total. The van der Waals surface area contributed by atoms with Crippen LogP contribution in [0.15, 0.2) is 24.3 Å². The molecule has 1 aromatic carbocycles. The Kier molecular flexibility index (Phi) is 4.20. The number of rotatable bonds is 5. The van der Waals surface area contributed by atoms with Crippen molar-refractivity contribution in [1.29, 1.82) is 0 Å². The van der Waals surface area contributed by atoms with Gasteiger partial charge in [-0.05, 0) is 24.6 Å². The van der Waals surface area contributed by atoms with Crippen molar-refractivity contribution in [2.45, 2.75) is 19.6 Å². The quantitative estimate of drug-likeness (QED) is 0.589. The molecule has 1 unspecified atom stereocenters. The molecule has 0 aromatic heterocycles. The van der Waals surface area contributed by atoms with Crippen molar-refractivity contribution in [2.75, 3.05) is 6.54 Å². The van der Waals surface area contributed by atoms with Crippen molar-refractivity contribution >= 4 is 5.69 Å². The number of ether oxygens (including phenoxy) is 1. The van der Waals surface area contributed by atoms with E-state index < -0.39 is 4.92 Å². The topological polar surface area (TPSA) is 78.4 Å². The lowest BCUT2D eigenvalue weighted by Gasteiger charge is -2.09. The largest absolute Gasteiger partial charge is 0.373 e. The molecule has 0 heterocycles. The van der Waals surface area contributed by atoms with Gasteiger partial charge in [-0.2, -0.15) is 0 Å². The predicted octanol–water partition coefficient (Wildman–Crippen LogP) is 1.46. The molecule has 0 radical (unpaired) electrons. The highest BCUT2D eigenvalue weighted by Gasteiger charge is 2.04. The first-order valence-corrected chi connectivity index (χ1v) is 4.68. The average Bonchev–Trinajstić information content (AvgIpc) is 2.26. The van der Waals surface area contributed by atoms with Crippen LogP contribution >= 0.6 is 0 Å². The minimum atomic E-state index is -0.423. The molecule has 15 heavy (non-hydrogen) atoms. The third kappa shape index (κ3) is 3.65. The molecule has 82 valence electrons. The minimum Gasteiger partial charge on any atom is -0.373 e. The van der Waals surface area contributed by atoms with Crippen molar-refractivity contribution in [3.63, 3.8) is 0 Å². The summed E-state index contributed by atoms with van der Waals surface area (Å²) in [5.74, 6) is 0. The van der Waals surface area contributed by atoms with Crippen molar-refractivity contribution in [3.8, 4) is 0 Å². The van der Waals surface area contributed by atoms with Gasteiger partial charge in [-0.1, -0.05) is 0 Å². The molecular formula is C10H14N2O3. The molecule has 0 saturated carbocycles. The lowest BCUT2D eigenvalue weighted by Crippen LogP contribution is -2.19. The Bertz CT molecular complexity index is 324. The first kappa shape index (κ1) is 11.6. The number of hydrogen-bond acceptors (Lipinski definition) is 4. The van der Waals surface area contributed by atoms with Gasteiger partial charge in [0, 0.05) is 18.7 Å². The second-order valence-corrected chi connectivity index (χ2v) is 3.28. The van der Waals surface area contributed by atoms with Crippen LogP contribution in [0, 0.1) is 10.1 Å². The highest BCUT2D eigenvalue weighted by Crippen LogP contribution is 2.12. The van der Waals surface area contributed by atoms with Crippen LogP contribution in [0.2, 0.25) is 0 Å². The van der Waals surface area contributed by atoms with Crippen LogP contribution in [-0.2, 0) is 11.3 Å². The molecule has 0 amide bonds. The standard InChI is InChI=1S/C10H14N2O3/c1-8(6-11)15-7-9-2-4-10(5-3-9)12(13)14/h2-5,8H,6-7,11H2,1H3. The number of benzene rings is 1. The van der Waals surface area contributed by atoms with Crippen LogP contribution in [0.3, 0.4) is 0 Å². The van der Waals surface area contributed by atoms with Gasteiger partial charge in [0.25, 0.3) is 5.69 Å². The molecule has 0 bridgehead atoms. The van der Waals surface area contributed by atoms with Crippen LogP contribution in [-0.4, -0.2) is 17.6 Å². The Morgan fingerprint density at radius 1 is 1.47 bits per heavy atom. The Morgan fingerprint density at radius 3 is 2.53 bits per heavy atom. The van der Waals surface area contributed by atoms with E-state index in [1.165, 1.54) is 12.1 Å². The summed E-state index contributed by atoms with van der Waals surface area (Å²) < 4.78 is 5.38. The maximum Gasteiger partial charge on any atom is 0.269 e. The zero-order chi connectivity index (χ0) is 11.3. The SMILES string of the molecule is CC(CN)OCc1ccc([N+](=O)[O-])cc1. The molecule has 0 fully saturated rings. The number of nitrogens with zero attached hydrogens (tertiary/aromatic N) is 1. The Labute approximate surface area is 88.0 Å². The third-order valence-electron chi connectivity index (χ3n) is 2.01. The zero-order valence-corrected chi connectivity index (χ0v) is 8.55. The molecule has 0 saturated heterocycles. The van der Waals surface area contributed by atoms with Gasteiger partial charge >= 0.3 is 0 Å². The highest BCUT2D eigenvalue weighted by atomic mass is 16.6. The summed E-state index contributed by atoms with van der Waals surface area (Å²) >= 11 is 0. The molecule has 1 atom stereocenters. The van der Waals surface area contributed by atoms with Crippen molar-refractivity contribution < 1.29 is 9.66 Å². The second-order valence-electron chi connectivity index (χ2n) is 3.28. The Hall–Kier alpha value is -1.46. The summed E-state index contributed by atoms with van der Waals surface area (Å²) in [5, 5.41) is 10.4. The molecule has 0 aliphatic carbocycles. The molecule has 5 nitrogen and oxygen atoms in total. The van der Waals surface area contributed by atoms with Crippen LogP contribution < -0.4 is 5.73 Å². The number of nitro benzene ring substituents is 1. The maximum absolute atomic E-state index is 10.4. The lowest BCUT2D eigenvalue weighted by molar-refractivity contribution is -0.384. The number of nitrogens with two attached hydrogens (primary N) is 1. The van der Waals surface area contributed by atoms with E-state index in [2.05, 4.69) is 0 Å². The molecule has 1 aromatic rings. The fourth-order valence-corrected chi connectivity index (χ4v) is 1.02. The number of hydrogen-bond donors (Lipinski definition) is 1. The fourth-order valence-electron chi connectivity index (χ4n) is 1.02. The van der Waals surface area contributed by atoms with Crippen LogP contribution in [0.4, 0.5) is 5.69 Å². The predicted molar refractivity (Wildman–Crippen MR) is 56.4 cm³/mol. The van der Waals surface area contributed by atoms with Crippen molar-refractivity contribution in [1.82, 2.24) is 0 Å². The van der Waals surface area contributed by atoms with Gasteiger partial charge in [0.1, 0.15) is 0 Å². The third-order valence-corrected chi connectivity index (χ3v) is 2.01. The van der Waals surface area contributed by atoms with Gasteiger partial charge in [0.15, 0.2) is 0 Å². The average molecular weight is 210 g/mol. The van der Waals surface area contributed by atoms with Crippen molar-refractivity contribution in [2.24, 2.45) is 5.73 Å². The van der Waals surface area contributed by atoms with Gasteiger partial charge in [0.2, 0.25) is 0 Å². The van der Waals surface area contributed by atoms with E-state index in [1.807, 2.05) is 6.92 Å². The molecule has 0 aliphatic rings. The summed E-state index contributed by atoms with van der Waals surface area (Å²) in [6.45, 7) is 2.77. The van der Waals surface area contributed by atoms with E-state index in [9.17, 15) is 10.1 Å². The normalized spacial score (nSPS) is 12.4. The van der Waals surface area contributed by atoms with E-state index in [4.69, 9.17) is 10.5 Å². The first-order chi connectivity index (χ1) is 7.13. The van der Waals surface area contributed by atoms with Crippen LogP contribution in [0.25, 0.3) is 0 Å². The van der Waals surface area contributed by atoms with E-state index in [1.54, 1.807) is 12.1 Å². The van der Waals surface area contributed by atoms with Gasteiger partial charge < -0.3 is 10.5 Å². The molecule has 0 spiro atoms. The first-order valence-electron chi connectivity index (χ1n) is 4.68. The van der Waals surface area contributed by atoms with Gasteiger partial charge in [0.05, 0.1) is 17.6 Å². The highest BCUT2D eigenvalue weighted by molar-refractivity contribution is 5.32. The molecule has 0 aliphatic heterocycles. The van der Waals surface area contributed by atoms with E-state index in [0.717, 1.165) is 5.56 Å². The number of non-ortho nitro benzene ring substituents is 1. The summed E-state index contributed by atoms with van der Waals surface area (Å²) in [7, 11) is 0. The van der Waals surface area contributed by atoms with Crippen LogP contribution in [0.1, 0.15) is 12.5 Å². The van der Waals surface area contributed by atoms with Crippen LogP contribution in [0.5, 0.6) is 0 Å². The second kappa shape index (κ2) is 5.43. The zero-order valence-electron chi connectivity index (χ0n) is 8.55. The smallest absolute Gasteiger partial charge is 0.269 e. The Balaban J connectivity index is 2.53. The van der Waals surface area contributed by atoms with Gasteiger partial charge in [-0.25, -0.2) is 0 Å². The Morgan fingerprint density at radius 2 is 2.07 bits per heavy atom. The lowest BCUT2D eigenvalue weighted by atomic mass is 10.2. The van der Waals surface area contributed by atoms with Gasteiger partial charge in [-0.15, -0.1) is 0 Å². The number of nitro groups is 1. The monoisotopic (exact) mass is 210 g/mol. The summed E-state index contributed by atoms with van der Waals surface area (Å²) in [6.07, 6.45) is 0.000178. The molecular weight excluding hydrogens is 196 g/mol.